The van der Waals surface area contributed by atoms with E-state index in [1.807, 2.05) is 26.8 Å². The zero-order chi connectivity index (χ0) is 14.6. The highest BCUT2D eigenvalue weighted by Gasteiger charge is 2.11. The first kappa shape index (κ1) is 16.1. The number of nitrogens with one attached hydrogen (secondary N) is 1. The van der Waals surface area contributed by atoms with E-state index in [0.717, 1.165) is 5.69 Å². The number of benzene rings is 1. The lowest BCUT2D eigenvalue weighted by Gasteiger charge is -2.16. The molecule has 19 heavy (non-hydrogen) atoms. The number of rotatable bonds is 6. The Morgan fingerprint density at radius 3 is 2.42 bits per heavy atom. The minimum atomic E-state index is -3.00. The molecule has 4 nitrogen and oxygen atoms in total. The van der Waals surface area contributed by atoms with Crippen molar-refractivity contribution < 1.29 is 13.2 Å². The predicted octanol–water partition coefficient (Wildman–Crippen LogP) is 2.97. The first-order valence-electron chi connectivity index (χ1n) is 6.08. The van der Waals surface area contributed by atoms with Crippen molar-refractivity contribution in [3.63, 3.8) is 0 Å². The summed E-state index contributed by atoms with van der Waals surface area (Å²) in [6, 6.07) is 5.15. The summed E-state index contributed by atoms with van der Waals surface area (Å²) in [4.78, 5) is 0. The topological polar surface area (TPSA) is 55.4 Å². The Hall–Kier alpha value is -0.940. The normalized spacial score (nSPS) is 13.4. The first-order valence-corrected chi connectivity index (χ1v) is 8.51. The molecule has 0 heterocycles. The molecule has 0 saturated carbocycles. The van der Waals surface area contributed by atoms with Gasteiger partial charge in [-0.1, -0.05) is 11.6 Å². The van der Waals surface area contributed by atoms with Crippen LogP contribution in [0.25, 0.3) is 0 Å². The smallest absolute Gasteiger partial charge is 0.149 e. The summed E-state index contributed by atoms with van der Waals surface area (Å²) >= 11 is 6.11. The van der Waals surface area contributed by atoms with E-state index in [1.165, 1.54) is 6.26 Å². The minimum absolute atomic E-state index is 0.0560. The van der Waals surface area contributed by atoms with Gasteiger partial charge in [0.2, 0.25) is 0 Å². The average Bonchev–Trinajstić information content (AvgIpc) is 2.18. The Labute approximate surface area is 120 Å². The lowest BCUT2D eigenvalue weighted by molar-refractivity contribution is 0.242. The molecule has 108 valence electrons. The molecule has 0 aromatic heterocycles. The van der Waals surface area contributed by atoms with Gasteiger partial charge in [-0.2, -0.15) is 0 Å². The number of ether oxygens (including phenoxy) is 1. The Bertz CT molecular complexity index is 529. The highest BCUT2D eigenvalue weighted by molar-refractivity contribution is 7.90. The van der Waals surface area contributed by atoms with Crippen molar-refractivity contribution in [1.82, 2.24) is 0 Å². The molecule has 0 spiro atoms. The van der Waals surface area contributed by atoms with Crippen molar-refractivity contribution in [1.29, 1.82) is 0 Å². The molecule has 0 amide bonds. The lowest BCUT2D eigenvalue weighted by atomic mass is 10.2. The van der Waals surface area contributed by atoms with Gasteiger partial charge in [0.15, 0.2) is 0 Å². The van der Waals surface area contributed by atoms with Crippen LogP contribution in [-0.4, -0.2) is 32.6 Å². The van der Waals surface area contributed by atoms with Crippen LogP contribution in [0.15, 0.2) is 18.2 Å². The molecular weight excluding hydrogens is 286 g/mol. The maximum absolute atomic E-state index is 11.2. The zero-order valence-corrected chi connectivity index (χ0v) is 13.2. The van der Waals surface area contributed by atoms with Crippen LogP contribution in [0.3, 0.4) is 0 Å². The fourth-order valence-corrected chi connectivity index (χ4v) is 2.94. The van der Waals surface area contributed by atoms with Crippen LogP contribution >= 0.6 is 11.6 Å². The highest BCUT2D eigenvalue weighted by Crippen LogP contribution is 2.28. The lowest BCUT2D eigenvalue weighted by Crippen LogP contribution is -2.24. The van der Waals surface area contributed by atoms with Crippen LogP contribution < -0.4 is 10.1 Å². The van der Waals surface area contributed by atoms with Gasteiger partial charge < -0.3 is 10.1 Å². The third-order valence-corrected chi connectivity index (χ3v) is 3.66. The zero-order valence-electron chi connectivity index (χ0n) is 11.6. The van der Waals surface area contributed by atoms with E-state index in [2.05, 4.69) is 5.32 Å². The van der Waals surface area contributed by atoms with Crippen molar-refractivity contribution in [2.45, 2.75) is 32.9 Å². The second kappa shape index (κ2) is 6.48. The quantitative estimate of drug-likeness (QED) is 0.878. The average molecular weight is 306 g/mol. The van der Waals surface area contributed by atoms with Gasteiger partial charge in [0.1, 0.15) is 15.6 Å². The van der Waals surface area contributed by atoms with Crippen molar-refractivity contribution in [3.05, 3.63) is 23.2 Å². The molecule has 1 atom stereocenters. The van der Waals surface area contributed by atoms with Crippen LogP contribution in [0.4, 0.5) is 5.69 Å². The molecule has 0 aliphatic heterocycles. The fraction of sp³-hybridized carbons (Fsp3) is 0.538. The summed E-state index contributed by atoms with van der Waals surface area (Å²) in [6.45, 7) is 5.67. The largest absolute Gasteiger partial charge is 0.489 e. The molecule has 6 heteroatoms. The maximum atomic E-state index is 11.2. The van der Waals surface area contributed by atoms with Crippen LogP contribution in [0, 0.1) is 0 Å². The molecule has 0 radical (unpaired) electrons. The molecule has 0 fully saturated rings. The molecule has 1 aromatic rings. The maximum Gasteiger partial charge on any atom is 0.149 e. The second-order valence-corrected chi connectivity index (χ2v) is 7.54. The monoisotopic (exact) mass is 305 g/mol. The van der Waals surface area contributed by atoms with E-state index in [0.29, 0.717) is 10.8 Å². The summed E-state index contributed by atoms with van der Waals surface area (Å²) in [7, 11) is -3.00. The van der Waals surface area contributed by atoms with Crippen molar-refractivity contribution in [2.24, 2.45) is 0 Å². The number of halogens is 1. The van der Waals surface area contributed by atoms with E-state index in [9.17, 15) is 8.42 Å². The SMILES string of the molecule is CC(CS(C)(=O)=O)Nc1ccc(OC(C)C)c(Cl)c1. The van der Waals surface area contributed by atoms with Gasteiger partial charge in [-0.05, 0) is 39.0 Å². The molecule has 0 aliphatic carbocycles. The van der Waals surface area contributed by atoms with Crippen LogP contribution in [-0.2, 0) is 9.84 Å². The number of hydrogen-bond donors (Lipinski definition) is 1. The highest BCUT2D eigenvalue weighted by atomic mass is 35.5. The van der Waals surface area contributed by atoms with Crippen molar-refractivity contribution in [2.75, 3.05) is 17.3 Å². The molecule has 1 rings (SSSR count). The molecule has 1 N–H and O–H groups in total. The van der Waals surface area contributed by atoms with Crippen molar-refractivity contribution >= 4 is 27.1 Å². The number of anilines is 1. The second-order valence-electron chi connectivity index (χ2n) is 4.95. The van der Waals surface area contributed by atoms with Gasteiger partial charge in [-0.25, -0.2) is 8.42 Å². The minimum Gasteiger partial charge on any atom is -0.489 e. The van der Waals surface area contributed by atoms with Crippen molar-refractivity contribution in [3.8, 4) is 5.75 Å². The molecule has 0 saturated heterocycles. The summed E-state index contributed by atoms with van der Waals surface area (Å²) < 4.78 is 27.9. The Morgan fingerprint density at radius 2 is 1.95 bits per heavy atom. The molecular formula is C13H20ClNO3S. The summed E-state index contributed by atoms with van der Waals surface area (Å²) in [5, 5.41) is 3.61. The third kappa shape index (κ3) is 6.16. The molecule has 1 unspecified atom stereocenters. The first-order chi connectivity index (χ1) is 8.67. The van der Waals surface area contributed by atoms with E-state index in [1.54, 1.807) is 12.1 Å². The molecule has 0 bridgehead atoms. The van der Waals surface area contributed by atoms with Gasteiger partial charge >= 0.3 is 0 Å². The van der Waals surface area contributed by atoms with E-state index in [-0.39, 0.29) is 17.9 Å². The summed E-state index contributed by atoms with van der Waals surface area (Å²) in [6.07, 6.45) is 1.28. The van der Waals surface area contributed by atoms with Gasteiger partial charge in [-0.3, -0.25) is 0 Å². The van der Waals surface area contributed by atoms with Crippen LogP contribution in [0.2, 0.25) is 5.02 Å². The van der Waals surface area contributed by atoms with Crippen LogP contribution in [0.5, 0.6) is 5.75 Å². The Balaban J connectivity index is 2.73. The van der Waals surface area contributed by atoms with E-state index >= 15 is 0 Å². The van der Waals surface area contributed by atoms with Gasteiger partial charge in [0, 0.05) is 18.0 Å². The van der Waals surface area contributed by atoms with Gasteiger partial charge in [0.25, 0.3) is 0 Å². The standard InChI is InChI=1S/C13H20ClNO3S/c1-9(2)18-13-6-5-11(7-12(13)14)15-10(3)8-19(4,16)17/h5-7,9-10,15H,8H2,1-4H3. The third-order valence-electron chi connectivity index (χ3n) is 2.26. The summed E-state index contributed by atoms with van der Waals surface area (Å²) in [5.74, 6) is 0.701. The fourth-order valence-electron chi connectivity index (χ4n) is 1.72. The van der Waals surface area contributed by atoms with E-state index in [4.69, 9.17) is 16.3 Å². The number of hydrogen-bond acceptors (Lipinski definition) is 4. The Morgan fingerprint density at radius 1 is 1.32 bits per heavy atom. The molecule has 0 aliphatic rings. The van der Waals surface area contributed by atoms with Crippen LogP contribution in [0.1, 0.15) is 20.8 Å². The predicted molar refractivity (Wildman–Crippen MR) is 80.0 cm³/mol. The summed E-state index contributed by atoms with van der Waals surface area (Å²) in [5.41, 5.74) is 0.775. The number of sulfone groups is 1. The van der Waals surface area contributed by atoms with E-state index < -0.39 is 9.84 Å². The Kier molecular flexibility index (Phi) is 5.50. The van der Waals surface area contributed by atoms with Gasteiger partial charge in [0.05, 0.1) is 16.9 Å². The molecule has 1 aromatic carbocycles. The van der Waals surface area contributed by atoms with Gasteiger partial charge in [-0.15, -0.1) is 0 Å².